The first-order valence-electron chi connectivity index (χ1n) is 4.99. The number of benzene rings is 1. The molecule has 2 rings (SSSR count). The second kappa shape index (κ2) is 5.67. The van der Waals surface area contributed by atoms with Crippen LogP contribution in [0.1, 0.15) is 18.4 Å². The molecule has 0 aliphatic heterocycles. The number of halogens is 2. The van der Waals surface area contributed by atoms with E-state index in [1.54, 1.807) is 0 Å². The van der Waals surface area contributed by atoms with E-state index in [0.29, 0.717) is 12.1 Å². The van der Waals surface area contributed by atoms with Gasteiger partial charge in [-0.05, 0) is 17.7 Å². The summed E-state index contributed by atoms with van der Waals surface area (Å²) in [5.74, 6) is 1.00. The Kier molecular flexibility index (Phi) is 4.51. The molecule has 82 valence electrons. The van der Waals surface area contributed by atoms with Crippen LogP contribution in [0.2, 0.25) is 0 Å². The van der Waals surface area contributed by atoms with Crippen LogP contribution in [0, 0.1) is 0 Å². The van der Waals surface area contributed by atoms with Crippen molar-refractivity contribution in [3.63, 3.8) is 0 Å². The van der Waals surface area contributed by atoms with Gasteiger partial charge in [0.1, 0.15) is 11.9 Å². The molecule has 0 atom stereocenters. The SMILES string of the molecule is ICc1ccc(O[C@H]2C[C@H](NI)C2)cc1. The molecule has 4 heteroatoms. The van der Waals surface area contributed by atoms with Gasteiger partial charge in [-0.2, -0.15) is 0 Å². The van der Waals surface area contributed by atoms with E-state index >= 15 is 0 Å². The lowest BCUT2D eigenvalue weighted by Crippen LogP contribution is -2.43. The van der Waals surface area contributed by atoms with Crippen molar-refractivity contribution in [2.45, 2.75) is 29.4 Å². The summed E-state index contributed by atoms with van der Waals surface area (Å²) >= 11 is 4.58. The van der Waals surface area contributed by atoms with Crippen molar-refractivity contribution in [3.05, 3.63) is 29.8 Å². The minimum Gasteiger partial charge on any atom is -0.490 e. The average Bonchev–Trinajstić information content (AvgIpc) is 2.23. The molecule has 15 heavy (non-hydrogen) atoms. The van der Waals surface area contributed by atoms with Gasteiger partial charge in [0.05, 0.1) is 0 Å². The minimum absolute atomic E-state index is 0.405. The van der Waals surface area contributed by atoms with Crippen LogP contribution in [-0.4, -0.2) is 12.1 Å². The van der Waals surface area contributed by atoms with E-state index < -0.39 is 0 Å². The Bertz CT molecular complexity index is 309. The van der Waals surface area contributed by atoms with Crippen LogP contribution in [0.25, 0.3) is 0 Å². The molecule has 1 N–H and O–H groups in total. The Balaban J connectivity index is 1.84. The smallest absolute Gasteiger partial charge is 0.119 e. The number of ether oxygens (including phenoxy) is 1. The first-order valence-corrected chi connectivity index (χ1v) is 7.60. The maximum Gasteiger partial charge on any atom is 0.119 e. The fourth-order valence-electron chi connectivity index (χ4n) is 1.60. The highest BCUT2D eigenvalue weighted by Gasteiger charge is 2.29. The van der Waals surface area contributed by atoms with E-state index in [1.165, 1.54) is 5.56 Å². The van der Waals surface area contributed by atoms with E-state index in [9.17, 15) is 0 Å². The van der Waals surface area contributed by atoms with Crippen molar-refractivity contribution in [2.24, 2.45) is 0 Å². The van der Waals surface area contributed by atoms with Crippen LogP contribution in [-0.2, 0) is 4.43 Å². The monoisotopic (exact) mass is 429 g/mol. The maximum atomic E-state index is 5.84. The Morgan fingerprint density at radius 2 is 1.93 bits per heavy atom. The van der Waals surface area contributed by atoms with Gasteiger partial charge in [0, 0.05) is 46.2 Å². The predicted molar refractivity (Wildman–Crippen MR) is 78.8 cm³/mol. The zero-order valence-electron chi connectivity index (χ0n) is 8.25. The summed E-state index contributed by atoms with van der Waals surface area (Å²) in [6.45, 7) is 0. The fourth-order valence-corrected chi connectivity index (χ4v) is 2.62. The molecule has 1 aromatic rings. The van der Waals surface area contributed by atoms with E-state index in [1.807, 2.05) is 0 Å². The largest absolute Gasteiger partial charge is 0.490 e. The van der Waals surface area contributed by atoms with Crippen molar-refractivity contribution in [1.29, 1.82) is 0 Å². The van der Waals surface area contributed by atoms with E-state index in [0.717, 1.165) is 23.0 Å². The van der Waals surface area contributed by atoms with Gasteiger partial charge in [-0.1, -0.05) is 34.7 Å². The zero-order chi connectivity index (χ0) is 10.7. The van der Waals surface area contributed by atoms with Crippen LogP contribution in [0.15, 0.2) is 24.3 Å². The number of hydrogen-bond donors (Lipinski definition) is 1. The first kappa shape index (κ1) is 11.9. The molecule has 1 saturated carbocycles. The molecule has 0 saturated heterocycles. The van der Waals surface area contributed by atoms with Gasteiger partial charge >= 0.3 is 0 Å². The average molecular weight is 429 g/mol. The van der Waals surface area contributed by atoms with Crippen LogP contribution in [0.5, 0.6) is 5.75 Å². The van der Waals surface area contributed by atoms with Gasteiger partial charge in [-0.25, -0.2) is 0 Å². The van der Waals surface area contributed by atoms with Crippen LogP contribution in [0.3, 0.4) is 0 Å². The molecular weight excluding hydrogens is 416 g/mol. The molecule has 1 aliphatic carbocycles. The fraction of sp³-hybridized carbons (Fsp3) is 0.455. The molecule has 0 heterocycles. The van der Waals surface area contributed by atoms with Crippen molar-refractivity contribution in [2.75, 3.05) is 0 Å². The number of hydrogen-bond acceptors (Lipinski definition) is 2. The van der Waals surface area contributed by atoms with Gasteiger partial charge in [0.25, 0.3) is 0 Å². The van der Waals surface area contributed by atoms with Crippen LogP contribution >= 0.6 is 45.5 Å². The molecule has 0 unspecified atom stereocenters. The Hall–Kier alpha value is 0.440. The summed E-state index contributed by atoms with van der Waals surface area (Å²) in [7, 11) is 0. The summed E-state index contributed by atoms with van der Waals surface area (Å²) in [5, 5.41) is 0. The van der Waals surface area contributed by atoms with E-state index in [4.69, 9.17) is 4.74 Å². The maximum absolute atomic E-state index is 5.84. The summed E-state index contributed by atoms with van der Waals surface area (Å²) in [6.07, 6.45) is 2.65. The predicted octanol–water partition coefficient (Wildman–Crippen LogP) is 3.47. The van der Waals surface area contributed by atoms with Crippen molar-refractivity contribution in [1.82, 2.24) is 3.53 Å². The molecule has 0 spiro atoms. The lowest BCUT2D eigenvalue weighted by molar-refractivity contribution is 0.0974. The van der Waals surface area contributed by atoms with Crippen molar-refractivity contribution >= 4 is 45.5 Å². The Labute approximate surface area is 118 Å². The highest BCUT2D eigenvalue weighted by Crippen LogP contribution is 2.26. The molecule has 1 fully saturated rings. The lowest BCUT2D eigenvalue weighted by Gasteiger charge is -2.34. The third-order valence-corrected chi connectivity index (χ3v) is 4.39. The second-order valence-corrected chi connectivity index (χ2v) is 5.18. The highest BCUT2D eigenvalue weighted by molar-refractivity contribution is 14.1. The van der Waals surface area contributed by atoms with Crippen LogP contribution < -0.4 is 8.27 Å². The highest BCUT2D eigenvalue weighted by atomic mass is 127. The summed E-state index contributed by atoms with van der Waals surface area (Å²) in [6, 6.07) is 9.05. The lowest BCUT2D eigenvalue weighted by atomic mass is 9.90. The van der Waals surface area contributed by atoms with Crippen molar-refractivity contribution in [3.8, 4) is 5.75 Å². The van der Waals surface area contributed by atoms with E-state index in [2.05, 4.69) is 73.3 Å². The topological polar surface area (TPSA) is 21.3 Å². The van der Waals surface area contributed by atoms with Crippen molar-refractivity contribution < 1.29 is 4.74 Å². The van der Waals surface area contributed by atoms with Gasteiger partial charge in [0.2, 0.25) is 0 Å². The summed E-state index contributed by atoms with van der Waals surface area (Å²) in [4.78, 5) is 0. The summed E-state index contributed by atoms with van der Waals surface area (Å²) in [5.41, 5.74) is 1.35. The molecule has 1 aliphatic rings. The molecule has 0 bridgehead atoms. The van der Waals surface area contributed by atoms with Gasteiger partial charge in [0.15, 0.2) is 0 Å². The van der Waals surface area contributed by atoms with Gasteiger partial charge in [-0.3, -0.25) is 3.53 Å². The third-order valence-electron chi connectivity index (χ3n) is 2.63. The molecule has 1 aromatic carbocycles. The minimum atomic E-state index is 0.405. The first-order chi connectivity index (χ1) is 7.31. The van der Waals surface area contributed by atoms with Crippen LogP contribution in [0.4, 0.5) is 0 Å². The molecular formula is C11H13I2NO. The second-order valence-electron chi connectivity index (χ2n) is 3.79. The number of alkyl halides is 1. The third kappa shape index (κ3) is 3.20. The van der Waals surface area contributed by atoms with Gasteiger partial charge < -0.3 is 4.74 Å². The van der Waals surface area contributed by atoms with Gasteiger partial charge in [-0.15, -0.1) is 0 Å². The summed E-state index contributed by atoms with van der Waals surface area (Å²) < 4.78 is 10.1. The molecule has 0 radical (unpaired) electrons. The normalized spacial score (nSPS) is 24.7. The van der Waals surface area contributed by atoms with E-state index in [-0.39, 0.29) is 0 Å². The standard InChI is InChI=1S/C11H13I2NO/c12-7-8-1-3-10(4-2-8)15-11-5-9(6-11)14-13/h1-4,9,11,14H,5-7H2/t9-,11-. The Morgan fingerprint density at radius 3 is 2.47 bits per heavy atom. The molecule has 2 nitrogen and oxygen atoms in total. The number of rotatable bonds is 4. The molecule has 0 amide bonds. The number of nitrogens with one attached hydrogen (secondary N) is 1. The zero-order valence-corrected chi connectivity index (χ0v) is 12.6. The molecule has 0 aromatic heterocycles. The Morgan fingerprint density at radius 1 is 1.27 bits per heavy atom. The quantitative estimate of drug-likeness (QED) is 0.450.